The van der Waals surface area contributed by atoms with Gasteiger partial charge in [0.15, 0.2) is 0 Å². The lowest BCUT2D eigenvalue weighted by Gasteiger charge is -2.15. The first-order valence-corrected chi connectivity index (χ1v) is 6.54. The maximum atomic E-state index is 11.6. The van der Waals surface area contributed by atoms with Crippen LogP contribution >= 0.6 is 0 Å². The number of carboxylic acids is 1. The van der Waals surface area contributed by atoms with Gasteiger partial charge in [-0.15, -0.1) is 0 Å². The van der Waals surface area contributed by atoms with Crippen LogP contribution < -0.4 is 16.0 Å². The average Bonchev–Trinajstić information content (AvgIpc) is 2.47. The smallest absolute Gasteiger partial charge is 0.326 e. The average molecular weight is 293 g/mol. The lowest BCUT2D eigenvalue weighted by Crippen LogP contribution is -2.47. The summed E-state index contributed by atoms with van der Waals surface area (Å²) < 4.78 is 0. The normalized spacial score (nSPS) is 11.3. The number of urea groups is 1. The van der Waals surface area contributed by atoms with Crippen LogP contribution in [0.15, 0.2) is 30.3 Å². The van der Waals surface area contributed by atoms with Gasteiger partial charge in [-0.3, -0.25) is 4.79 Å². The molecule has 7 nitrogen and oxygen atoms in total. The van der Waals surface area contributed by atoms with Crippen LogP contribution in [0.5, 0.6) is 0 Å². The number of aliphatic carboxylic acids is 1. The zero-order valence-corrected chi connectivity index (χ0v) is 11.8. The Morgan fingerprint density at radius 1 is 1.19 bits per heavy atom. The minimum atomic E-state index is -1.11. The molecule has 0 fully saturated rings. The highest BCUT2D eigenvalue weighted by atomic mass is 16.4. The van der Waals surface area contributed by atoms with E-state index < -0.39 is 18.0 Å². The Morgan fingerprint density at radius 3 is 2.43 bits per heavy atom. The number of rotatable bonds is 7. The third-order valence-electron chi connectivity index (χ3n) is 2.80. The molecular weight excluding hydrogens is 274 g/mol. The van der Waals surface area contributed by atoms with Crippen molar-refractivity contribution < 1.29 is 19.5 Å². The summed E-state index contributed by atoms with van der Waals surface area (Å²) in [6.45, 7) is 0.142. The number of carbonyl (C=O) groups is 3. The molecule has 0 heterocycles. The number of hydrogen-bond donors (Lipinski definition) is 4. The zero-order valence-electron chi connectivity index (χ0n) is 11.8. The molecule has 3 amide bonds. The van der Waals surface area contributed by atoms with Gasteiger partial charge in [0.2, 0.25) is 5.91 Å². The number of nitrogens with one attached hydrogen (secondary N) is 3. The van der Waals surface area contributed by atoms with Crippen molar-refractivity contribution >= 4 is 17.9 Å². The number of amides is 3. The highest BCUT2D eigenvalue weighted by molar-refractivity contribution is 5.83. The molecule has 0 aliphatic carbocycles. The highest BCUT2D eigenvalue weighted by Gasteiger charge is 2.20. The largest absolute Gasteiger partial charge is 0.480 e. The number of benzene rings is 1. The molecule has 0 saturated carbocycles. The molecule has 1 aromatic carbocycles. The van der Waals surface area contributed by atoms with Crippen molar-refractivity contribution in [3.05, 3.63) is 35.9 Å². The SMILES string of the molecule is CNC(=O)CCNC(=O)N[C@H](Cc1ccccc1)C(=O)O. The number of hydrogen-bond acceptors (Lipinski definition) is 3. The van der Waals surface area contributed by atoms with Crippen LogP contribution in [0.1, 0.15) is 12.0 Å². The molecule has 21 heavy (non-hydrogen) atoms. The van der Waals surface area contributed by atoms with Gasteiger partial charge in [0.1, 0.15) is 6.04 Å². The standard InChI is InChI=1S/C14H19N3O4/c1-15-12(18)7-8-16-14(21)17-11(13(19)20)9-10-5-3-2-4-6-10/h2-6,11H,7-9H2,1H3,(H,15,18)(H,19,20)(H2,16,17,21)/t11-/m1/s1. The molecule has 0 aliphatic heterocycles. The van der Waals surface area contributed by atoms with Crippen LogP contribution in [0.4, 0.5) is 4.79 Å². The summed E-state index contributed by atoms with van der Waals surface area (Å²) in [7, 11) is 1.50. The Kier molecular flexibility index (Phi) is 6.73. The summed E-state index contributed by atoms with van der Waals surface area (Å²) in [6, 6.07) is 7.39. The molecule has 0 radical (unpaired) electrons. The van der Waals surface area contributed by atoms with Gasteiger partial charge in [0.25, 0.3) is 0 Å². The fourth-order valence-electron chi connectivity index (χ4n) is 1.67. The predicted octanol–water partition coefficient (Wildman–Crippen LogP) is 0.118. The minimum absolute atomic E-state index is 0.139. The maximum Gasteiger partial charge on any atom is 0.326 e. The first kappa shape index (κ1) is 16.5. The van der Waals surface area contributed by atoms with E-state index in [-0.39, 0.29) is 25.3 Å². The Hall–Kier alpha value is -2.57. The fourth-order valence-corrected chi connectivity index (χ4v) is 1.67. The van der Waals surface area contributed by atoms with E-state index in [0.717, 1.165) is 5.56 Å². The summed E-state index contributed by atoms with van der Waals surface area (Å²) in [6.07, 6.45) is 0.333. The van der Waals surface area contributed by atoms with E-state index in [2.05, 4.69) is 16.0 Å². The molecule has 0 saturated heterocycles. The van der Waals surface area contributed by atoms with E-state index in [1.54, 1.807) is 24.3 Å². The molecule has 0 bridgehead atoms. The molecule has 1 rings (SSSR count). The lowest BCUT2D eigenvalue weighted by atomic mass is 10.1. The first-order chi connectivity index (χ1) is 10.0. The van der Waals surface area contributed by atoms with Crippen LogP contribution in [0.3, 0.4) is 0 Å². The van der Waals surface area contributed by atoms with E-state index in [1.807, 2.05) is 6.07 Å². The molecular formula is C14H19N3O4. The van der Waals surface area contributed by atoms with Crippen molar-refractivity contribution in [1.29, 1.82) is 0 Å². The summed E-state index contributed by atoms with van der Waals surface area (Å²) >= 11 is 0. The van der Waals surface area contributed by atoms with Crippen LogP contribution in [-0.2, 0) is 16.0 Å². The van der Waals surface area contributed by atoms with Crippen molar-refractivity contribution in [3.8, 4) is 0 Å². The molecule has 1 atom stereocenters. The van der Waals surface area contributed by atoms with Gasteiger partial charge in [-0.25, -0.2) is 9.59 Å². The Morgan fingerprint density at radius 2 is 1.86 bits per heavy atom. The number of carboxylic acid groups (broad SMARTS) is 1. The molecule has 0 aromatic heterocycles. The second-order valence-corrected chi connectivity index (χ2v) is 4.40. The molecule has 7 heteroatoms. The van der Waals surface area contributed by atoms with Crippen LogP contribution in [0.25, 0.3) is 0 Å². The van der Waals surface area contributed by atoms with E-state index in [9.17, 15) is 14.4 Å². The summed E-state index contributed by atoms with van der Waals surface area (Å²) in [5.74, 6) is -1.31. The van der Waals surface area contributed by atoms with Crippen LogP contribution in [-0.4, -0.2) is 42.6 Å². The second-order valence-electron chi connectivity index (χ2n) is 4.40. The van der Waals surface area contributed by atoms with Crippen molar-refractivity contribution in [3.63, 3.8) is 0 Å². The molecule has 0 aliphatic rings. The van der Waals surface area contributed by atoms with E-state index in [0.29, 0.717) is 0 Å². The Labute approximate surface area is 122 Å². The monoisotopic (exact) mass is 293 g/mol. The molecule has 0 unspecified atom stereocenters. The van der Waals surface area contributed by atoms with Gasteiger partial charge in [0.05, 0.1) is 0 Å². The summed E-state index contributed by atoms with van der Waals surface area (Å²) in [5.41, 5.74) is 0.815. The first-order valence-electron chi connectivity index (χ1n) is 6.54. The van der Waals surface area contributed by atoms with Crippen molar-refractivity contribution in [2.24, 2.45) is 0 Å². The van der Waals surface area contributed by atoms with Crippen molar-refractivity contribution in [2.75, 3.05) is 13.6 Å². The maximum absolute atomic E-state index is 11.6. The van der Waals surface area contributed by atoms with Crippen molar-refractivity contribution in [2.45, 2.75) is 18.9 Å². The molecule has 0 spiro atoms. The highest BCUT2D eigenvalue weighted by Crippen LogP contribution is 2.03. The summed E-state index contributed by atoms with van der Waals surface area (Å²) in [5, 5.41) is 16.4. The van der Waals surface area contributed by atoms with E-state index in [4.69, 9.17) is 5.11 Å². The van der Waals surface area contributed by atoms with Gasteiger partial charge in [-0.05, 0) is 5.56 Å². The quantitative estimate of drug-likeness (QED) is 0.572. The van der Waals surface area contributed by atoms with E-state index in [1.165, 1.54) is 7.05 Å². The Bertz CT molecular complexity index is 490. The fraction of sp³-hybridized carbons (Fsp3) is 0.357. The third kappa shape index (κ3) is 6.42. The summed E-state index contributed by atoms with van der Waals surface area (Å²) in [4.78, 5) is 33.7. The van der Waals surface area contributed by atoms with E-state index >= 15 is 0 Å². The molecule has 114 valence electrons. The zero-order chi connectivity index (χ0) is 15.7. The number of carbonyl (C=O) groups excluding carboxylic acids is 2. The predicted molar refractivity (Wildman–Crippen MR) is 76.8 cm³/mol. The minimum Gasteiger partial charge on any atom is -0.480 e. The van der Waals surface area contributed by atoms with Gasteiger partial charge in [-0.1, -0.05) is 30.3 Å². The van der Waals surface area contributed by atoms with Crippen LogP contribution in [0.2, 0.25) is 0 Å². The van der Waals surface area contributed by atoms with Gasteiger partial charge in [-0.2, -0.15) is 0 Å². The van der Waals surface area contributed by atoms with Crippen molar-refractivity contribution in [1.82, 2.24) is 16.0 Å². The van der Waals surface area contributed by atoms with Gasteiger partial charge >= 0.3 is 12.0 Å². The van der Waals surface area contributed by atoms with Crippen LogP contribution in [0, 0.1) is 0 Å². The topological polar surface area (TPSA) is 108 Å². The molecule has 4 N–H and O–H groups in total. The lowest BCUT2D eigenvalue weighted by molar-refractivity contribution is -0.139. The van der Waals surface area contributed by atoms with Gasteiger partial charge in [0, 0.05) is 26.4 Å². The van der Waals surface area contributed by atoms with Gasteiger partial charge < -0.3 is 21.1 Å². The Balaban J connectivity index is 2.45. The third-order valence-corrected chi connectivity index (χ3v) is 2.80. The molecule has 1 aromatic rings. The second kappa shape index (κ2) is 8.57.